The van der Waals surface area contributed by atoms with Crippen molar-refractivity contribution in [1.82, 2.24) is 5.32 Å². The lowest BCUT2D eigenvalue weighted by Crippen LogP contribution is -2.43. The lowest BCUT2D eigenvalue weighted by atomic mass is 9.99. The molecule has 2 aromatic rings. The van der Waals surface area contributed by atoms with Crippen LogP contribution in [0.1, 0.15) is 38.3 Å². The van der Waals surface area contributed by atoms with E-state index in [0.717, 1.165) is 16.8 Å². The first kappa shape index (κ1) is 19.2. The summed E-state index contributed by atoms with van der Waals surface area (Å²) < 4.78 is 0. The highest BCUT2D eigenvalue weighted by atomic mass is 35.5. The summed E-state index contributed by atoms with van der Waals surface area (Å²) in [7, 11) is 0. The number of anilines is 2. The largest absolute Gasteiger partial charge is 0.333 e. The van der Waals surface area contributed by atoms with Crippen LogP contribution in [0.4, 0.5) is 16.2 Å². The van der Waals surface area contributed by atoms with Gasteiger partial charge in [0.15, 0.2) is 0 Å². The van der Waals surface area contributed by atoms with Gasteiger partial charge in [-0.15, -0.1) is 0 Å². The van der Waals surface area contributed by atoms with E-state index < -0.39 is 0 Å². The molecule has 1 heterocycles. The van der Waals surface area contributed by atoms with Crippen molar-refractivity contribution in [2.75, 3.05) is 10.2 Å². The van der Waals surface area contributed by atoms with E-state index in [2.05, 4.69) is 10.6 Å². The number of rotatable bonds is 3. The number of nitrogens with one attached hydrogen (secondary N) is 2. The van der Waals surface area contributed by atoms with Crippen LogP contribution in [-0.4, -0.2) is 17.5 Å². The Hall–Kier alpha value is -2.53. The Balaban J connectivity index is 1.81. The number of fused-ring (bicyclic) bond motifs is 1. The Morgan fingerprint density at radius 1 is 1.15 bits per heavy atom. The molecule has 0 fully saturated rings. The molecular weight excluding hydrogens is 362 g/mol. The minimum atomic E-state index is -0.309. The number of amides is 3. The molecule has 0 spiro atoms. The molecule has 0 unspecified atom stereocenters. The minimum absolute atomic E-state index is 0.0774. The maximum absolute atomic E-state index is 12.5. The fourth-order valence-corrected chi connectivity index (χ4v) is 3.31. The van der Waals surface area contributed by atoms with Crippen LogP contribution >= 0.6 is 11.6 Å². The van der Waals surface area contributed by atoms with Gasteiger partial charge < -0.3 is 15.5 Å². The summed E-state index contributed by atoms with van der Waals surface area (Å²) >= 11 is 6.26. The standard InChI is InChI=1S/C21H24ClN3O2/c1-21(2,3)24-20(27)23-16-9-10-18-14(12-16)8-11-19(26)25(18)13-15-6-4-5-7-17(15)22/h4-7,9-10,12H,8,11,13H2,1-3H3,(H2,23,24,27). The number of nitrogens with zero attached hydrogens (tertiary/aromatic N) is 1. The molecule has 5 nitrogen and oxygen atoms in total. The molecule has 0 saturated carbocycles. The molecule has 2 aromatic carbocycles. The number of hydrogen-bond acceptors (Lipinski definition) is 2. The average Bonchev–Trinajstić information content (AvgIpc) is 2.57. The lowest BCUT2D eigenvalue weighted by Gasteiger charge is -2.30. The van der Waals surface area contributed by atoms with Gasteiger partial charge in [-0.25, -0.2) is 4.79 Å². The molecular formula is C21H24ClN3O2. The highest BCUT2D eigenvalue weighted by Gasteiger charge is 2.25. The van der Waals surface area contributed by atoms with Gasteiger partial charge >= 0.3 is 6.03 Å². The Kier molecular flexibility index (Phi) is 5.42. The molecule has 0 saturated heterocycles. The molecule has 0 bridgehead atoms. The first-order valence-corrected chi connectivity index (χ1v) is 9.36. The number of halogens is 1. The van der Waals surface area contributed by atoms with Crippen molar-refractivity contribution in [2.45, 2.75) is 45.7 Å². The number of carbonyl (C=O) groups excluding carboxylic acids is 2. The third-order valence-corrected chi connectivity index (χ3v) is 4.68. The Morgan fingerprint density at radius 3 is 2.59 bits per heavy atom. The van der Waals surface area contributed by atoms with Gasteiger partial charge in [-0.1, -0.05) is 29.8 Å². The third-order valence-electron chi connectivity index (χ3n) is 4.31. The van der Waals surface area contributed by atoms with Crippen LogP contribution in [0.5, 0.6) is 0 Å². The van der Waals surface area contributed by atoms with E-state index in [0.29, 0.717) is 30.1 Å². The first-order chi connectivity index (χ1) is 12.7. The zero-order valence-corrected chi connectivity index (χ0v) is 16.6. The van der Waals surface area contributed by atoms with Gasteiger partial charge in [0.1, 0.15) is 0 Å². The predicted octanol–water partition coefficient (Wildman–Crippen LogP) is 4.74. The van der Waals surface area contributed by atoms with E-state index in [1.165, 1.54) is 0 Å². The van der Waals surface area contributed by atoms with Crippen LogP contribution in [0.2, 0.25) is 5.02 Å². The van der Waals surface area contributed by atoms with Crippen molar-refractivity contribution in [2.24, 2.45) is 0 Å². The van der Waals surface area contributed by atoms with E-state index in [4.69, 9.17) is 11.6 Å². The molecule has 27 heavy (non-hydrogen) atoms. The molecule has 0 aliphatic carbocycles. The smallest absolute Gasteiger partial charge is 0.319 e. The first-order valence-electron chi connectivity index (χ1n) is 8.99. The summed E-state index contributed by atoms with van der Waals surface area (Å²) in [5.41, 5.74) is 3.22. The monoisotopic (exact) mass is 385 g/mol. The SMILES string of the molecule is CC(C)(C)NC(=O)Nc1ccc2c(c1)CCC(=O)N2Cc1ccccc1Cl. The van der Waals surface area contributed by atoms with Crippen molar-refractivity contribution in [3.8, 4) is 0 Å². The summed E-state index contributed by atoms with van der Waals surface area (Å²) in [5, 5.41) is 6.38. The quantitative estimate of drug-likeness (QED) is 0.801. The highest BCUT2D eigenvalue weighted by Crippen LogP contribution is 2.32. The zero-order chi connectivity index (χ0) is 19.6. The number of urea groups is 1. The third kappa shape index (κ3) is 4.80. The van der Waals surface area contributed by atoms with Gasteiger partial charge in [-0.05, 0) is 62.6 Å². The number of benzene rings is 2. The van der Waals surface area contributed by atoms with Crippen LogP contribution in [-0.2, 0) is 17.8 Å². The molecule has 3 rings (SSSR count). The maximum atomic E-state index is 12.5. The zero-order valence-electron chi connectivity index (χ0n) is 15.8. The van der Waals surface area contributed by atoms with Crippen LogP contribution < -0.4 is 15.5 Å². The van der Waals surface area contributed by atoms with E-state index in [9.17, 15) is 9.59 Å². The van der Waals surface area contributed by atoms with Crippen molar-refractivity contribution >= 4 is 34.9 Å². The molecule has 6 heteroatoms. The number of aryl methyl sites for hydroxylation is 1. The second-order valence-electron chi connectivity index (χ2n) is 7.74. The summed E-state index contributed by atoms with van der Waals surface area (Å²) in [6.07, 6.45) is 1.10. The molecule has 0 aromatic heterocycles. The molecule has 142 valence electrons. The molecule has 0 atom stereocenters. The topological polar surface area (TPSA) is 61.4 Å². The van der Waals surface area contributed by atoms with Gasteiger partial charge in [-0.2, -0.15) is 0 Å². The average molecular weight is 386 g/mol. The highest BCUT2D eigenvalue weighted by molar-refractivity contribution is 6.31. The molecule has 3 amide bonds. The van der Waals surface area contributed by atoms with Gasteiger partial charge in [0.05, 0.1) is 6.54 Å². The second-order valence-corrected chi connectivity index (χ2v) is 8.15. The summed E-state index contributed by atoms with van der Waals surface area (Å²) in [4.78, 5) is 26.3. The summed E-state index contributed by atoms with van der Waals surface area (Å²) in [6.45, 7) is 6.22. The van der Waals surface area contributed by atoms with Crippen molar-refractivity contribution in [1.29, 1.82) is 0 Å². The van der Waals surface area contributed by atoms with Crippen molar-refractivity contribution in [3.05, 3.63) is 58.6 Å². The molecule has 1 aliphatic rings. The van der Waals surface area contributed by atoms with Crippen LogP contribution in [0, 0.1) is 0 Å². The summed E-state index contributed by atoms with van der Waals surface area (Å²) in [6, 6.07) is 12.9. The summed E-state index contributed by atoms with van der Waals surface area (Å²) in [5.74, 6) is 0.0774. The molecule has 0 radical (unpaired) electrons. The van der Waals surface area contributed by atoms with Gasteiger partial charge in [0.25, 0.3) is 0 Å². The van der Waals surface area contributed by atoms with E-state index >= 15 is 0 Å². The Bertz CT molecular complexity index is 874. The Labute approximate surface area is 164 Å². The minimum Gasteiger partial charge on any atom is -0.333 e. The van der Waals surface area contributed by atoms with Crippen LogP contribution in [0.15, 0.2) is 42.5 Å². The fraction of sp³-hybridized carbons (Fsp3) is 0.333. The Morgan fingerprint density at radius 2 is 1.89 bits per heavy atom. The number of hydrogen-bond donors (Lipinski definition) is 2. The van der Waals surface area contributed by atoms with E-state index in [1.54, 1.807) is 4.90 Å². The molecule has 2 N–H and O–H groups in total. The van der Waals surface area contributed by atoms with Gasteiger partial charge in [0, 0.05) is 28.4 Å². The van der Waals surface area contributed by atoms with Crippen LogP contribution in [0.25, 0.3) is 0 Å². The van der Waals surface area contributed by atoms with E-state index in [1.807, 2.05) is 63.2 Å². The fourth-order valence-electron chi connectivity index (χ4n) is 3.11. The second kappa shape index (κ2) is 7.61. The molecule has 1 aliphatic heterocycles. The maximum Gasteiger partial charge on any atom is 0.319 e. The lowest BCUT2D eigenvalue weighted by molar-refractivity contribution is -0.119. The van der Waals surface area contributed by atoms with Crippen LogP contribution in [0.3, 0.4) is 0 Å². The van der Waals surface area contributed by atoms with Crippen molar-refractivity contribution < 1.29 is 9.59 Å². The van der Waals surface area contributed by atoms with Gasteiger partial charge in [0.2, 0.25) is 5.91 Å². The number of carbonyl (C=O) groups is 2. The van der Waals surface area contributed by atoms with Gasteiger partial charge in [-0.3, -0.25) is 4.79 Å². The normalized spacial score (nSPS) is 13.9. The van der Waals surface area contributed by atoms with E-state index in [-0.39, 0.29) is 17.5 Å². The van der Waals surface area contributed by atoms with Crippen molar-refractivity contribution in [3.63, 3.8) is 0 Å². The predicted molar refractivity (Wildman–Crippen MR) is 109 cm³/mol.